The van der Waals surface area contributed by atoms with E-state index in [2.05, 4.69) is 25.7 Å². The number of aryl methyl sites for hydroxylation is 1. The number of aromatic nitrogens is 2. The SMILES string of the molecule is Cc1cc([C@H]2[C@@H](c3ccccn3)NC(=S)N2c2ccc(NS(C)(=O)=O)cc2)c(C)n1-c1ccc(F)cc1. The lowest BCUT2D eigenvalue weighted by atomic mass is 9.96. The molecule has 0 amide bonds. The van der Waals surface area contributed by atoms with E-state index in [-0.39, 0.29) is 17.9 Å². The van der Waals surface area contributed by atoms with Crippen LogP contribution in [0.15, 0.2) is 79.0 Å². The van der Waals surface area contributed by atoms with Crippen molar-refractivity contribution in [1.82, 2.24) is 14.9 Å². The Kier molecular flexibility index (Phi) is 6.47. The Morgan fingerprint density at radius 3 is 2.30 bits per heavy atom. The monoisotopic (exact) mass is 535 g/mol. The first-order valence-electron chi connectivity index (χ1n) is 11.7. The van der Waals surface area contributed by atoms with Crippen molar-refractivity contribution in [3.8, 4) is 5.69 Å². The molecule has 37 heavy (non-hydrogen) atoms. The number of hydrogen-bond acceptors (Lipinski definition) is 4. The van der Waals surface area contributed by atoms with Crippen molar-refractivity contribution >= 4 is 38.7 Å². The summed E-state index contributed by atoms with van der Waals surface area (Å²) in [6.07, 6.45) is 2.87. The van der Waals surface area contributed by atoms with E-state index >= 15 is 0 Å². The van der Waals surface area contributed by atoms with Gasteiger partial charge in [-0.2, -0.15) is 0 Å². The zero-order chi connectivity index (χ0) is 26.3. The van der Waals surface area contributed by atoms with Crippen molar-refractivity contribution < 1.29 is 12.8 Å². The fourth-order valence-corrected chi connectivity index (χ4v) is 5.84. The molecular formula is C27H26FN5O2S2. The molecule has 0 spiro atoms. The molecular weight excluding hydrogens is 509 g/mol. The lowest BCUT2D eigenvalue weighted by Crippen LogP contribution is -2.29. The minimum absolute atomic E-state index is 0.232. The van der Waals surface area contributed by atoms with Gasteiger partial charge in [0.1, 0.15) is 5.82 Å². The van der Waals surface area contributed by atoms with Crippen LogP contribution in [-0.2, 0) is 10.0 Å². The van der Waals surface area contributed by atoms with Gasteiger partial charge in [-0.1, -0.05) is 6.07 Å². The molecule has 1 fully saturated rings. The molecule has 1 aliphatic heterocycles. The zero-order valence-corrected chi connectivity index (χ0v) is 22.1. The smallest absolute Gasteiger partial charge is 0.229 e. The Morgan fingerprint density at radius 2 is 1.68 bits per heavy atom. The summed E-state index contributed by atoms with van der Waals surface area (Å²) in [5.41, 5.74) is 6.05. The van der Waals surface area contributed by atoms with Crippen molar-refractivity contribution in [2.24, 2.45) is 0 Å². The molecule has 0 aliphatic carbocycles. The number of anilines is 2. The molecule has 190 valence electrons. The number of nitrogens with one attached hydrogen (secondary N) is 2. The van der Waals surface area contributed by atoms with Crippen molar-refractivity contribution in [1.29, 1.82) is 0 Å². The number of halogens is 1. The first-order valence-corrected chi connectivity index (χ1v) is 14.0. The van der Waals surface area contributed by atoms with E-state index in [9.17, 15) is 12.8 Å². The molecule has 0 bridgehead atoms. The van der Waals surface area contributed by atoms with Crippen LogP contribution in [0.4, 0.5) is 15.8 Å². The highest BCUT2D eigenvalue weighted by atomic mass is 32.2. The van der Waals surface area contributed by atoms with Gasteiger partial charge in [-0.25, -0.2) is 12.8 Å². The van der Waals surface area contributed by atoms with Crippen LogP contribution in [0.3, 0.4) is 0 Å². The molecule has 2 N–H and O–H groups in total. The van der Waals surface area contributed by atoms with E-state index in [1.54, 1.807) is 30.5 Å². The van der Waals surface area contributed by atoms with E-state index in [0.29, 0.717) is 10.8 Å². The topological polar surface area (TPSA) is 79.3 Å². The standard InChI is InChI=1S/C27H26FN5O2S2/c1-17-16-23(18(2)32(17)21-11-7-19(28)8-12-21)26-25(24-6-4-5-15-29-24)30-27(36)33(26)22-13-9-20(10-14-22)31-37(3,34)35/h4-16,25-26,31H,1-3H3,(H,30,36)/t25-,26+/m1/s1. The maximum atomic E-state index is 13.6. The maximum Gasteiger partial charge on any atom is 0.229 e. The number of nitrogens with zero attached hydrogens (tertiary/aromatic N) is 3. The molecule has 3 heterocycles. The van der Waals surface area contributed by atoms with Crippen LogP contribution < -0.4 is 14.9 Å². The quantitative estimate of drug-likeness (QED) is 0.332. The third-order valence-electron chi connectivity index (χ3n) is 6.42. The van der Waals surface area contributed by atoms with Crippen LogP contribution >= 0.6 is 12.2 Å². The van der Waals surface area contributed by atoms with E-state index < -0.39 is 10.0 Å². The number of hydrogen-bond donors (Lipinski definition) is 2. The predicted octanol–water partition coefficient (Wildman–Crippen LogP) is 5.18. The number of benzene rings is 2. The third-order valence-corrected chi connectivity index (χ3v) is 7.34. The van der Waals surface area contributed by atoms with Gasteiger partial charge in [0.2, 0.25) is 10.0 Å². The van der Waals surface area contributed by atoms with Crippen LogP contribution in [0.2, 0.25) is 0 Å². The van der Waals surface area contributed by atoms with Crippen LogP contribution in [0.25, 0.3) is 5.69 Å². The van der Waals surface area contributed by atoms with Gasteiger partial charge in [0, 0.05) is 34.6 Å². The average Bonchev–Trinajstić information content (AvgIpc) is 3.35. The second kappa shape index (κ2) is 9.60. The van der Waals surface area contributed by atoms with Crippen LogP contribution in [0.1, 0.15) is 34.7 Å². The number of sulfonamides is 1. The Bertz CT molecular complexity index is 1550. The Labute approximate surface area is 221 Å². The summed E-state index contributed by atoms with van der Waals surface area (Å²) in [6.45, 7) is 4.06. The van der Waals surface area contributed by atoms with Gasteiger partial charge in [-0.15, -0.1) is 0 Å². The van der Waals surface area contributed by atoms with Gasteiger partial charge >= 0.3 is 0 Å². The first-order chi connectivity index (χ1) is 17.6. The summed E-state index contributed by atoms with van der Waals surface area (Å²) in [4.78, 5) is 6.64. The molecule has 2 atom stereocenters. The van der Waals surface area contributed by atoms with Gasteiger partial charge in [0.15, 0.2) is 5.11 Å². The number of thiocarbonyl (C=S) groups is 1. The molecule has 4 aromatic rings. The average molecular weight is 536 g/mol. The Morgan fingerprint density at radius 1 is 1.00 bits per heavy atom. The van der Waals surface area contributed by atoms with Gasteiger partial charge in [0.25, 0.3) is 0 Å². The summed E-state index contributed by atoms with van der Waals surface area (Å²) >= 11 is 5.81. The van der Waals surface area contributed by atoms with E-state index in [0.717, 1.165) is 40.3 Å². The van der Waals surface area contributed by atoms with Crippen LogP contribution in [0.5, 0.6) is 0 Å². The highest BCUT2D eigenvalue weighted by Crippen LogP contribution is 2.43. The zero-order valence-electron chi connectivity index (χ0n) is 20.5. The Hall–Kier alpha value is -3.76. The molecule has 10 heteroatoms. The minimum atomic E-state index is -3.39. The van der Waals surface area contributed by atoms with E-state index in [1.807, 2.05) is 49.1 Å². The Balaban J connectivity index is 1.62. The summed E-state index contributed by atoms with van der Waals surface area (Å²) in [7, 11) is -3.39. The van der Waals surface area contributed by atoms with Crippen molar-refractivity contribution in [2.45, 2.75) is 25.9 Å². The summed E-state index contributed by atoms with van der Waals surface area (Å²) in [5, 5.41) is 3.99. The minimum Gasteiger partial charge on any atom is -0.351 e. The molecule has 5 rings (SSSR count). The third kappa shape index (κ3) is 4.94. The molecule has 7 nitrogen and oxygen atoms in total. The normalized spacial score (nSPS) is 17.6. The first kappa shape index (κ1) is 24.9. The fourth-order valence-electron chi connectivity index (χ4n) is 4.93. The summed E-state index contributed by atoms with van der Waals surface area (Å²) in [6, 6.07) is 21.0. The van der Waals surface area contributed by atoms with E-state index in [4.69, 9.17) is 12.2 Å². The number of rotatable bonds is 6. The predicted molar refractivity (Wildman–Crippen MR) is 148 cm³/mol. The molecule has 0 unspecified atom stereocenters. The second-order valence-corrected chi connectivity index (χ2v) is 11.2. The molecule has 2 aromatic heterocycles. The molecule has 1 aliphatic rings. The maximum absolute atomic E-state index is 13.6. The van der Waals surface area contributed by atoms with Crippen LogP contribution in [-0.4, -0.2) is 29.3 Å². The summed E-state index contributed by atoms with van der Waals surface area (Å²) in [5.74, 6) is -0.285. The largest absolute Gasteiger partial charge is 0.351 e. The lowest BCUT2D eigenvalue weighted by Gasteiger charge is -2.28. The second-order valence-electron chi connectivity index (χ2n) is 9.06. The lowest BCUT2D eigenvalue weighted by molar-refractivity contribution is 0.565. The van der Waals surface area contributed by atoms with Crippen LogP contribution in [0, 0.1) is 19.7 Å². The highest BCUT2D eigenvalue weighted by molar-refractivity contribution is 7.92. The van der Waals surface area contributed by atoms with Crippen molar-refractivity contribution in [3.05, 3.63) is 107 Å². The molecule has 2 aromatic carbocycles. The summed E-state index contributed by atoms with van der Waals surface area (Å²) < 4.78 is 41.5. The molecule has 1 saturated heterocycles. The van der Waals surface area contributed by atoms with E-state index in [1.165, 1.54) is 12.1 Å². The highest BCUT2D eigenvalue weighted by Gasteiger charge is 2.42. The molecule has 0 saturated carbocycles. The number of pyridine rings is 1. The van der Waals surface area contributed by atoms with Crippen molar-refractivity contribution in [3.63, 3.8) is 0 Å². The molecule has 0 radical (unpaired) electrons. The van der Waals surface area contributed by atoms with Gasteiger partial charge in [0.05, 0.1) is 24.0 Å². The van der Waals surface area contributed by atoms with Gasteiger partial charge in [-0.3, -0.25) is 9.71 Å². The van der Waals surface area contributed by atoms with Gasteiger partial charge in [-0.05, 0) is 98.4 Å². The van der Waals surface area contributed by atoms with Crippen molar-refractivity contribution in [2.75, 3.05) is 15.9 Å². The fraction of sp³-hybridized carbons (Fsp3) is 0.185. The van der Waals surface area contributed by atoms with Gasteiger partial charge < -0.3 is 14.8 Å².